The molecule has 0 bridgehead atoms. The first-order valence-corrected chi connectivity index (χ1v) is 13.8. The van der Waals surface area contributed by atoms with Crippen LogP contribution in [0, 0.1) is 16.7 Å². The van der Waals surface area contributed by atoms with Gasteiger partial charge in [0.2, 0.25) is 0 Å². The van der Waals surface area contributed by atoms with Crippen molar-refractivity contribution in [2.45, 2.75) is 91.4 Å². The van der Waals surface area contributed by atoms with E-state index in [0.29, 0.717) is 22.7 Å². The molecule has 2 saturated carbocycles. The summed E-state index contributed by atoms with van der Waals surface area (Å²) in [6.45, 7) is 11.5. The summed E-state index contributed by atoms with van der Waals surface area (Å²) in [4.78, 5) is 14.8. The van der Waals surface area contributed by atoms with Gasteiger partial charge in [0.05, 0.1) is 12.2 Å². The highest BCUT2D eigenvalue weighted by atomic mass is 15.2. The van der Waals surface area contributed by atoms with Crippen molar-refractivity contribution >= 4 is 11.6 Å². The quantitative estimate of drug-likeness (QED) is 0.493. The number of guanidine groups is 1. The highest BCUT2D eigenvalue weighted by Gasteiger charge is 2.38. The smallest absolute Gasteiger partial charge is 0.195 e. The fourth-order valence-electron chi connectivity index (χ4n) is 7.17. The van der Waals surface area contributed by atoms with Crippen molar-refractivity contribution in [3.63, 3.8) is 0 Å². The SMILES string of the molecule is CC1(C)CC(Cc2cc(-c3ccc(NC4=NCCN4)cc3)nc(C3CCCCC3)n2)CC(C)(C)C1. The third-order valence-electron chi connectivity index (χ3n) is 8.02. The molecule has 1 aromatic heterocycles. The highest BCUT2D eigenvalue weighted by Crippen LogP contribution is 2.49. The fourth-order valence-corrected chi connectivity index (χ4v) is 7.17. The number of rotatable bonds is 5. The van der Waals surface area contributed by atoms with Crippen molar-refractivity contribution in [2.24, 2.45) is 21.7 Å². The molecule has 0 radical (unpaired) electrons. The van der Waals surface area contributed by atoms with Gasteiger partial charge in [-0.3, -0.25) is 4.99 Å². The van der Waals surface area contributed by atoms with E-state index in [1.165, 1.54) is 62.6 Å². The minimum Gasteiger partial charge on any atom is -0.354 e. The van der Waals surface area contributed by atoms with E-state index >= 15 is 0 Å². The van der Waals surface area contributed by atoms with Crippen LogP contribution in [0.25, 0.3) is 11.3 Å². The Morgan fingerprint density at radius 1 is 0.943 bits per heavy atom. The summed E-state index contributed by atoms with van der Waals surface area (Å²) < 4.78 is 0. The molecule has 5 nitrogen and oxygen atoms in total. The molecule has 0 unspecified atom stereocenters. The zero-order chi connectivity index (χ0) is 24.5. The monoisotopic (exact) mass is 473 g/mol. The van der Waals surface area contributed by atoms with Gasteiger partial charge in [-0.1, -0.05) is 59.1 Å². The summed E-state index contributed by atoms with van der Waals surface area (Å²) in [7, 11) is 0. The largest absolute Gasteiger partial charge is 0.354 e. The topological polar surface area (TPSA) is 62.2 Å². The van der Waals surface area contributed by atoms with E-state index < -0.39 is 0 Å². The Hall–Kier alpha value is -2.43. The van der Waals surface area contributed by atoms with Crippen LogP contribution in [0.15, 0.2) is 35.3 Å². The van der Waals surface area contributed by atoms with E-state index in [4.69, 9.17) is 9.97 Å². The minimum absolute atomic E-state index is 0.399. The van der Waals surface area contributed by atoms with Crippen molar-refractivity contribution in [3.05, 3.63) is 41.9 Å². The van der Waals surface area contributed by atoms with Crippen LogP contribution >= 0.6 is 0 Å². The number of nitrogens with zero attached hydrogens (tertiary/aromatic N) is 3. The van der Waals surface area contributed by atoms with Gasteiger partial charge >= 0.3 is 0 Å². The summed E-state index contributed by atoms with van der Waals surface area (Å²) in [6, 6.07) is 10.9. The second kappa shape index (κ2) is 9.91. The Balaban J connectivity index is 1.41. The molecule has 188 valence electrons. The Kier molecular flexibility index (Phi) is 6.87. The number of hydrogen-bond donors (Lipinski definition) is 2. The lowest BCUT2D eigenvalue weighted by molar-refractivity contribution is 0.0673. The van der Waals surface area contributed by atoms with Gasteiger partial charge in [-0.05, 0) is 73.5 Å². The van der Waals surface area contributed by atoms with Crippen LogP contribution in [0.4, 0.5) is 5.69 Å². The van der Waals surface area contributed by atoms with E-state index in [-0.39, 0.29) is 0 Å². The van der Waals surface area contributed by atoms with E-state index in [1.807, 2.05) is 0 Å². The third kappa shape index (κ3) is 6.23. The highest BCUT2D eigenvalue weighted by molar-refractivity contribution is 5.94. The molecule has 1 aromatic carbocycles. The molecular weight excluding hydrogens is 430 g/mol. The van der Waals surface area contributed by atoms with E-state index in [0.717, 1.165) is 42.7 Å². The summed E-state index contributed by atoms with van der Waals surface area (Å²) in [5.41, 5.74) is 5.33. The third-order valence-corrected chi connectivity index (χ3v) is 8.02. The number of aromatic nitrogens is 2. The minimum atomic E-state index is 0.399. The van der Waals surface area contributed by atoms with E-state index in [2.05, 4.69) is 73.7 Å². The van der Waals surface area contributed by atoms with Crippen LogP contribution in [0.3, 0.4) is 0 Å². The summed E-state index contributed by atoms with van der Waals surface area (Å²) in [5.74, 6) is 3.13. The van der Waals surface area contributed by atoms with Crippen LogP contribution in [0.5, 0.6) is 0 Å². The van der Waals surface area contributed by atoms with Gasteiger partial charge in [0.1, 0.15) is 5.82 Å². The predicted molar refractivity (Wildman–Crippen MR) is 146 cm³/mol. The average Bonchev–Trinajstić information content (AvgIpc) is 3.31. The molecule has 35 heavy (non-hydrogen) atoms. The lowest BCUT2D eigenvalue weighted by Crippen LogP contribution is -2.34. The molecule has 1 aliphatic heterocycles. The average molecular weight is 474 g/mol. The van der Waals surface area contributed by atoms with Gasteiger partial charge in [0.25, 0.3) is 0 Å². The fraction of sp³-hybridized carbons (Fsp3) is 0.633. The number of nitrogens with one attached hydrogen (secondary N) is 2. The molecule has 0 amide bonds. The van der Waals surface area contributed by atoms with Crippen LogP contribution in [-0.4, -0.2) is 29.0 Å². The standard InChI is InChI=1S/C30H43N5/c1-29(2)18-21(19-30(3,4)20-29)16-25-17-26(35-27(33-25)23-8-6-5-7-9-23)22-10-12-24(13-11-22)34-28-31-14-15-32-28/h10-13,17,21,23H,5-9,14-16,18-20H2,1-4H3,(H2,31,32,34). The number of hydrogen-bond acceptors (Lipinski definition) is 5. The first kappa shape index (κ1) is 24.3. The van der Waals surface area contributed by atoms with Gasteiger partial charge in [-0.25, -0.2) is 9.97 Å². The molecule has 2 N–H and O–H groups in total. The van der Waals surface area contributed by atoms with Crippen molar-refractivity contribution in [2.75, 3.05) is 18.4 Å². The molecule has 2 fully saturated rings. The maximum Gasteiger partial charge on any atom is 0.195 e. The molecule has 2 heterocycles. The molecule has 5 rings (SSSR count). The first-order valence-electron chi connectivity index (χ1n) is 13.8. The summed E-state index contributed by atoms with van der Waals surface area (Å²) in [6.07, 6.45) is 11.3. The van der Waals surface area contributed by atoms with Crippen molar-refractivity contribution in [1.82, 2.24) is 15.3 Å². The van der Waals surface area contributed by atoms with Crippen LogP contribution in [0.1, 0.15) is 96.5 Å². The van der Waals surface area contributed by atoms with Crippen molar-refractivity contribution in [1.29, 1.82) is 0 Å². The number of benzene rings is 1. The van der Waals surface area contributed by atoms with Crippen LogP contribution in [-0.2, 0) is 6.42 Å². The Morgan fingerprint density at radius 2 is 1.66 bits per heavy atom. The normalized spacial score (nSPS) is 22.5. The van der Waals surface area contributed by atoms with Gasteiger partial charge in [-0.15, -0.1) is 0 Å². The molecular formula is C30H43N5. The van der Waals surface area contributed by atoms with E-state index in [9.17, 15) is 0 Å². The molecule has 2 aromatic rings. The number of aliphatic imine (C=N–C) groups is 1. The molecule has 0 spiro atoms. The molecule has 3 aliphatic rings. The lowest BCUT2D eigenvalue weighted by atomic mass is 9.61. The zero-order valence-electron chi connectivity index (χ0n) is 22.2. The molecule has 5 heteroatoms. The van der Waals surface area contributed by atoms with Crippen LogP contribution in [0.2, 0.25) is 0 Å². The van der Waals surface area contributed by atoms with Crippen LogP contribution < -0.4 is 10.6 Å². The second-order valence-electron chi connectivity index (χ2n) is 12.8. The molecule has 0 atom stereocenters. The van der Waals surface area contributed by atoms with E-state index in [1.54, 1.807) is 0 Å². The first-order chi connectivity index (χ1) is 16.7. The zero-order valence-corrected chi connectivity index (χ0v) is 22.2. The number of anilines is 1. The maximum atomic E-state index is 5.21. The second-order valence-corrected chi connectivity index (χ2v) is 12.8. The Morgan fingerprint density at radius 3 is 2.31 bits per heavy atom. The van der Waals surface area contributed by atoms with Crippen molar-refractivity contribution in [3.8, 4) is 11.3 Å². The molecule has 0 saturated heterocycles. The van der Waals surface area contributed by atoms with Gasteiger partial charge < -0.3 is 10.6 Å². The van der Waals surface area contributed by atoms with Gasteiger partial charge in [0.15, 0.2) is 5.96 Å². The van der Waals surface area contributed by atoms with Crippen molar-refractivity contribution < 1.29 is 0 Å². The Bertz CT molecular complexity index is 1030. The predicted octanol–water partition coefficient (Wildman–Crippen LogP) is 6.96. The summed E-state index contributed by atoms with van der Waals surface area (Å²) in [5, 5.41) is 6.64. The Labute approximate surface area is 211 Å². The maximum absolute atomic E-state index is 5.21. The molecule has 2 aliphatic carbocycles. The van der Waals surface area contributed by atoms with Gasteiger partial charge in [-0.2, -0.15) is 0 Å². The lowest BCUT2D eigenvalue weighted by Gasteiger charge is -2.45. The summed E-state index contributed by atoms with van der Waals surface area (Å²) >= 11 is 0. The van der Waals surface area contributed by atoms with Gasteiger partial charge in [0, 0.05) is 29.4 Å².